The highest BCUT2D eigenvalue weighted by Crippen LogP contribution is 2.39. The van der Waals surface area contributed by atoms with Crippen molar-refractivity contribution in [3.8, 4) is 45.1 Å². The molecular weight excluding hydrogens is 548 g/mol. The van der Waals surface area contributed by atoms with E-state index in [4.69, 9.17) is 0 Å². The molecule has 7 rings (SSSR count). The van der Waals surface area contributed by atoms with Crippen LogP contribution in [-0.4, -0.2) is 4.57 Å². The Morgan fingerprint density at radius 1 is 0.465 bits per heavy atom. The highest BCUT2D eigenvalue weighted by atomic mass is 19.1. The average molecular weight is 569 g/mol. The van der Waals surface area contributed by atoms with E-state index in [1.807, 2.05) is 72.8 Å². The number of para-hydroxylation sites is 1. The Labute approximate surface area is 244 Å². The number of aromatic nitrogens is 1. The molecule has 0 spiro atoms. The molecule has 0 radical (unpaired) electrons. The van der Waals surface area contributed by atoms with Gasteiger partial charge in [-0.25, -0.2) is 17.6 Å². The van der Waals surface area contributed by atoms with Gasteiger partial charge in [-0.15, -0.1) is 0 Å². The zero-order valence-corrected chi connectivity index (χ0v) is 22.5. The molecule has 206 valence electrons. The van der Waals surface area contributed by atoms with E-state index in [2.05, 4.69) is 10.6 Å². The maximum absolute atomic E-state index is 14.1. The van der Waals surface area contributed by atoms with E-state index in [-0.39, 0.29) is 0 Å². The molecule has 6 aromatic carbocycles. The lowest BCUT2D eigenvalue weighted by atomic mass is 10.00. The fraction of sp³-hybridized carbons (Fsp3) is 0. The molecule has 0 saturated carbocycles. The fourth-order valence-electron chi connectivity index (χ4n) is 5.72. The molecule has 43 heavy (non-hydrogen) atoms. The second kappa shape index (κ2) is 10.3. The molecule has 7 aromatic rings. The first-order valence-corrected chi connectivity index (χ1v) is 13.5. The molecule has 6 heteroatoms. The maximum atomic E-state index is 14.1. The fourth-order valence-corrected chi connectivity index (χ4v) is 5.72. The number of hydrogen-bond acceptors (Lipinski definition) is 1. The molecule has 0 aliphatic rings. The number of rotatable bonds is 4. The second-order valence-electron chi connectivity index (χ2n) is 10.3. The Hall–Kier alpha value is -5.67. The number of nitriles is 1. The highest BCUT2D eigenvalue weighted by Gasteiger charge is 2.18. The van der Waals surface area contributed by atoms with E-state index in [1.54, 1.807) is 12.1 Å². The zero-order chi connectivity index (χ0) is 29.7. The molecule has 0 N–H and O–H groups in total. The Balaban J connectivity index is 1.52. The summed E-state index contributed by atoms with van der Waals surface area (Å²) < 4.78 is 58.7. The third-order valence-electron chi connectivity index (χ3n) is 7.63. The molecular formula is C37H20F4N2. The highest BCUT2D eigenvalue weighted by molar-refractivity contribution is 6.12. The van der Waals surface area contributed by atoms with Gasteiger partial charge >= 0.3 is 0 Å². The van der Waals surface area contributed by atoms with Gasteiger partial charge in [-0.2, -0.15) is 5.26 Å². The summed E-state index contributed by atoms with van der Waals surface area (Å²) in [6.07, 6.45) is 0. The van der Waals surface area contributed by atoms with Crippen LogP contribution in [0, 0.1) is 34.6 Å². The summed E-state index contributed by atoms with van der Waals surface area (Å²) in [4.78, 5) is 0. The number of nitrogens with zero attached hydrogens (tertiary/aromatic N) is 2. The molecule has 1 aromatic heterocycles. The van der Waals surface area contributed by atoms with Crippen LogP contribution in [0.25, 0.3) is 60.9 Å². The van der Waals surface area contributed by atoms with E-state index < -0.39 is 23.3 Å². The van der Waals surface area contributed by atoms with Crippen LogP contribution >= 0.6 is 0 Å². The molecule has 0 aliphatic carbocycles. The van der Waals surface area contributed by atoms with E-state index in [9.17, 15) is 22.8 Å². The Morgan fingerprint density at radius 2 is 0.930 bits per heavy atom. The first-order valence-electron chi connectivity index (χ1n) is 13.5. The topological polar surface area (TPSA) is 28.7 Å². The Morgan fingerprint density at radius 3 is 1.42 bits per heavy atom. The van der Waals surface area contributed by atoms with Crippen LogP contribution in [0.2, 0.25) is 0 Å². The van der Waals surface area contributed by atoms with Crippen LogP contribution in [-0.2, 0) is 0 Å². The van der Waals surface area contributed by atoms with Crippen molar-refractivity contribution in [1.82, 2.24) is 4.57 Å². The third-order valence-corrected chi connectivity index (χ3v) is 7.63. The smallest absolute Gasteiger partial charge is 0.126 e. The van der Waals surface area contributed by atoms with Crippen LogP contribution in [0.4, 0.5) is 17.6 Å². The van der Waals surface area contributed by atoms with Crippen LogP contribution < -0.4 is 0 Å². The van der Waals surface area contributed by atoms with E-state index in [0.29, 0.717) is 27.8 Å². The molecule has 0 fully saturated rings. The van der Waals surface area contributed by atoms with Gasteiger partial charge in [0.05, 0.1) is 28.4 Å². The summed E-state index contributed by atoms with van der Waals surface area (Å²) in [5.74, 6) is -2.71. The Bertz CT molecular complexity index is 2090. The van der Waals surface area contributed by atoms with Crippen LogP contribution in [0.1, 0.15) is 5.56 Å². The lowest BCUT2D eigenvalue weighted by molar-refractivity contribution is 0.583. The largest absolute Gasteiger partial charge is 0.309 e. The first-order chi connectivity index (χ1) is 20.9. The van der Waals surface area contributed by atoms with Gasteiger partial charge in [-0.1, -0.05) is 42.5 Å². The number of hydrogen-bond donors (Lipinski definition) is 0. The predicted molar refractivity (Wildman–Crippen MR) is 162 cm³/mol. The van der Waals surface area contributed by atoms with Gasteiger partial charge in [0.15, 0.2) is 0 Å². The summed E-state index contributed by atoms with van der Waals surface area (Å²) in [6.45, 7) is 0. The minimum Gasteiger partial charge on any atom is -0.309 e. The molecule has 2 nitrogen and oxygen atoms in total. The van der Waals surface area contributed by atoms with Gasteiger partial charge in [0.25, 0.3) is 0 Å². The van der Waals surface area contributed by atoms with Crippen molar-refractivity contribution >= 4 is 21.8 Å². The van der Waals surface area contributed by atoms with Gasteiger partial charge in [-0.05, 0) is 94.5 Å². The van der Waals surface area contributed by atoms with Gasteiger partial charge in [0, 0.05) is 28.5 Å². The van der Waals surface area contributed by atoms with E-state index in [1.165, 1.54) is 24.3 Å². The predicted octanol–water partition coefficient (Wildman–Crippen LogP) is 10.2. The monoisotopic (exact) mass is 568 g/mol. The van der Waals surface area contributed by atoms with Gasteiger partial charge < -0.3 is 4.57 Å². The van der Waals surface area contributed by atoms with Crippen LogP contribution in [0.5, 0.6) is 0 Å². The number of benzene rings is 6. The van der Waals surface area contributed by atoms with Crippen LogP contribution in [0.15, 0.2) is 121 Å². The molecule has 0 aliphatic heterocycles. The number of halogens is 4. The quantitative estimate of drug-likeness (QED) is 0.194. The van der Waals surface area contributed by atoms with Gasteiger partial charge in [0.1, 0.15) is 23.3 Å². The average Bonchev–Trinajstić information content (AvgIpc) is 3.33. The molecule has 0 unspecified atom stereocenters. The van der Waals surface area contributed by atoms with Crippen molar-refractivity contribution in [2.45, 2.75) is 0 Å². The lowest BCUT2D eigenvalue weighted by Gasteiger charge is -2.14. The standard InChI is InChI=1S/C37H20F4N2/c38-28-13-26(14-29(39)19-28)24-9-11-36-33(17-24)34-18-25(27-15-30(40)20-31(41)16-27)10-12-37(34)43(36)35-4-2-1-3-32(35)23-7-5-22(21-42)6-8-23/h1-20H. The number of fused-ring (bicyclic) bond motifs is 3. The van der Waals surface area contributed by atoms with Crippen molar-refractivity contribution in [1.29, 1.82) is 5.26 Å². The normalized spacial score (nSPS) is 11.2. The molecule has 0 atom stereocenters. The first kappa shape index (κ1) is 26.2. The van der Waals surface area contributed by atoms with E-state index in [0.717, 1.165) is 50.8 Å². The van der Waals surface area contributed by atoms with Crippen molar-refractivity contribution in [2.24, 2.45) is 0 Å². The van der Waals surface area contributed by atoms with Crippen molar-refractivity contribution in [3.63, 3.8) is 0 Å². The van der Waals surface area contributed by atoms with E-state index >= 15 is 0 Å². The molecule has 0 saturated heterocycles. The zero-order valence-electron chi connectivity index (χ0n) is 22.5. The van der Waals surface area contributed by atoms with Crippen LogP contribution in [0.3, 0.4) is 0 Å². The lowest BCUT2D eigenvalue weighted by Crippen LogP contribution is -1.97. The van der Waals surface area contributed by atoms with Gasteiger partial charge in [0.2, 0.25) is 0 Å². The minimum atomic E-state index is -0.677. The molecule has 0 amide bonds. The molecule has 0 bridgehead atoms. The summed E-state index contributed by atoms with van der Waals surface area (Å²) >= 11 is 0. The van der Waals surface area contributed by atoms with Gasteiger partial charge in [-0.3, -0.25) is 0 Å². The van der Waals surface area contributed by atoms with Crippen molar-refractivity contribution in [2.75, 3.05) is 0 Å². The SMILES string of the molecule is N#Cc1ccc(-c2ccccc2-n2c3ccc(-c4cc(F)cc(F)c4)cc3c3cc(-c4cc(F)cc(F)c4)ccc32)cc1. The summed E-state index contributed by atoms with van der Waals surface area (Å²) in [5, 5.41) is 10.9. The summed E-state index contributed by atoms with van der Waals surface area (Å²) in [7, 11) is 0. The third kappa shape index (κ3) is 4.71. The molecule has 1 heterocycles. The summed E-state index contributed by atoms with van der Waals surface area (Å²) in [6, 6.07) is 35.4. The maximum Gasteiger partial charge on any atom is 0.126 e. The second-order valence-corrected chi connectivity index (χ2v) is 10.3. The minimum absolute atomic E-state index is 0.390. The van der Waals surface area contributed by atoms with Crippen molar-refractivity contribution < 1.29 is 17.6 Å². The Kier molecular flexibility index (Phi) is 6.29. The van der Waals surface area contributed by atoms with Crippen molar-refractivity contribution in [3.05, 3.63) is 150 Å². The summed E-state index contributed by atoms with van der Waals surface area (Å²) in [5.41, 5.74) is 6.96.